The molecular weight excluding hydrogens is 202 g/mol. The van der Waals surface area contributed by atoms with Crippen LogP contribution < -0.4 is 5.73 Å². The number of nitrogens with two attached hydrogens (primary N) is 1. The van der Waals surface area contributed by atoms with Crippen LogP contribution >= 0.6 is 0 Å². The summed E-state index contributed by atoms with van der Waals surface area (Å²) in [6.07, 6.45) is 3.03. The van der Waals surface area contributed by atoms with Crippen LogP contribution in [0.25, 0.3) is 0 Å². The van der Waals surface area contributed by atoms with E-state index < -0.39 is 0 Å². The molecule has 0 spiro atoms. The third-order valence-corrected chi connectivity index (χ3v) is 2.52. The van der Waals surface area contributed by atoms with Gasteiger partial charge in [-0.15, -0.1) is 0 Å². The van der Waals surface area contributed by atoms with Gasteiger partial charge in [0.25, 0.3) is 0 Å². The van der Waals surface area contributed by atoms with E-state index in [9.17, 15) is 0 Å². The summed E-state index contributed by atoms with van der Waals surface area (Å²) in [5.74, 6) is 0.598. The van der Waals surface area contributed by atoms with Crippen molar-refractivity contribution in [1.82, 2.24) is 19.6 Å². The fourth-order valence-corrected chi connectivity index (χ4v) is 1.49. The first kappa shape index (κ1) is 13.0. The average Bonchev–Trinajstić information content (AvgIpc) is 2.61. The van der Waals surface area contributed by atoms with E-state index in [1.54, 1.807) is 0 Å². The van der Waals surface area contributed by atoms with Gasteiger partial charge in [0, 0.05) is 25.8 Å². The topological polar surface area (TPSA) is 50.3 Å². The third-order valence-electron chi connectivity index (χ3n) is 2.52. The maximum atomic E-state index is 5.54. The van der Waals surface area contributed by atoms with Crippen molar-refractivity contribution in [1.29, 1.82) is 0 Å². The highest BCUT2D eigenvalue weighted by Crippen LogP contribution is 1.98. The van der Waals surface area contributed by atoms with Gasteiger partial charge in [-0.2, -0.15) is 5.10 Å². The van der Waals surface area contributed by atoms with Gasteiger partial charge in [-0.1, -0.05) is 0 Å². The second-order valence-electron chi connectivity index (χ2n) is 4.46. The van der Waals surface area contributed by atoms with Gasteiger partial charge in [0.15, 0.2) is 0 Å². The zero-order valence-corrected chi connectivity index (χ0v) is 10.6. The molecule has 5 heteroatoms. The molecule has 0 amide bonds. The first-order valence-corrected chi connectivity index (χ1v) is 5.70. The van der Waals surface area contributed by atoms with Crippen molar-refractivity contribution in [2.45, 2.75) is 13.0 Å². The Balaban J connectivity index is 2.10. The Hall–Kier alpha value is -1.07. The largest absolute Gasteiger partial charge is 0.382 e. The summed E-state index contributed by atoms with van der Waals surface area (Å²) in [4.78, 5) is 4.54. The molecule has 0 aliphatic carbocycles. The lowest BCUT2D eigenvalue weighted by Gasteiger charge is -2.19. The van der Waals surface area contributed by atoms with Gasteiger partial charge < -0.3 is 15.5 Å². The van der Waals surface area contributed by atoms with Crippen molar-refractivity contribution in [3.63, 3.8) is 0 Å². The molecule has 0 bridgehead atoms. The zero-order valence-electron chi connectivity index (χ0n) is 10.6. The monoisotopic (exact) mass is 225 g/mol. The zero-order chi connectivity index (χ0) is 12.0. The Morgan fingerprint density at radius 2 is 2.00 bits per heavy atom. The number of likely N-dealkylation sites (N-methyl/N-ethyl adjacent to an activating group) is 2. The van der Waals surface area contributed by atoms with Gasteiger partial charge in [-0.3, -0.25) is 4.68 Å². The van der Waals surface area contributed by atoms with Crippen LogP contribution in [0.1, 0.15) is 6.42 Å². The fraction of sp³-hybridized carbons (Fsp3) is 0.727. The van der Waals surface area contributed by atoms with Crippen LogP contribution in [-0.2, 0) is 6.54 Å². The predicted molar refractivity (Wildman–Crippen MR) is 67.3 cm³/mol. The Labute approximate surface area is 97.8 Å². The van der Waals surface area contributed by atoms with Crippen molar-refractivity contribution in [3.05, 3.63) is 12.3 Å². The molecule has 0 radical (unpaired) electrons. The molecule has 0 aliphatic heterocycles. The highest BCUT2D eigenvalue weighted by Gasteiger charge is 2.00. The molecule has 0 saturated heterocycles. The molecule has 0 aliphatic rings. The molecule has 1 heterocycles. The summed E-state index contributed by atoms with van der Waals surface area (Å²) in [5.41, 5.74) is 5.54. The van der Waals surface area contributed by atoms with Crippen molar-refractivity contribution in [2.75, 3.05) is 46.5 Å². The van der Waals surface area contributed by atoms with E-state index in [1.165, 1.54) is 0 Å². The number of hydrogen-bond acceptors (Lipinski definition) is 4. The number of anilines is 1. The van der Waals surface area contributed by atoms with Crippen LogP contribution in [0.15, 0.2) is 12.3 Å². The molecular formula is C11H23N5. The number of aryl methyl sites for hydroxylation is 1. The smallest absolute Gasteiger partial charge is 0.145 e. The van der Waals surface area contributed by atoms with Crippen LogP contribution in [0.4, 0.5) is 5.82 Å². The lowest BCUT2D eigenvalue weighted by Crippen LogP contribution is -2.29. The van der Waals surface area contributed by atoms with Crippen molar-refractivity contribution in [3.8, 4) is 0 Å². The van der Waals surface area contributed by atoms with E-state index in [0.717, 1.165) is 32.6 Å². The minimum absolute atomic E-state index is 0.598. The molecule has 0 aromatic carbocycles. The van der Waals surface area contributed by atoms with Gasteiger partial charge in [-0.05, 0) is 40.2 Å². The SMILES string of the molecule is CN(C)CCN(C)CCCn1ccc(N)n1. The number of nitrogens with zero attached hydrogens (tertiary/aromatic N) is 4. The van der Waals surface area contributed by atoms with E-state index in [4.69, 9.17) is 5.73 Å². The molecule has 92 valence electrons. The average molecular weight is 225 g/mol. The minimum Gasteiger partial charge on any atom is -0.382 e. The maximum absolute atomic E-state index is 5.54. The Morgan fingerprint density at radius 1 is 1.25 bits per heavy atom. The molecule has 5 nitrogen and oxygen atoms in total. The highest BCUT2D eigenvalue weighted by atomic mass is 15.3. The maximum Gasteiger partial charge on any atom is 0.145 e. The van der Waals surface area contributed by atoms with Crippen molar-refractivity contribution in [2.24, 2.45) is 0 Å². The summed E-state index contributed by atoms with van der Waals surface area (Å²) in [7, 11) is 6.35. The summed E-state index contributed by atoms with van der Waals surface area (Å²) in [5, 5.41) is 4.15. The van der Waals surface area contributed by atoms with Crippen LogP contribution in [-0.4, -0.2) is 60.4 Å². The van der Waals surface area contributed by atoms with Gasteiger partial charge in [0.05, 0.1) is 0 Å². The van der Waals surface area contributed by atoms with Gasteiger partial charge in [0.1, 0.15) is 5.82 Å². The molecule has 0 atom stereocenters. The Morgan fingerprint density at radius 3 is 2.56 bits per heavy atom. The molecule has 1 aromatic rings. The number of nitrogen functional groups attached to an aromatic ring is 1. The molecule has 1 rings (SSSR count). The highest BCUT2D eigenvalue weighted by molar-refractivity contribution is 5.23. The molecule has 0 fully saturated rings. The standard InChI is InChI=1S/C11H23N5/c1-14(2)9-10-15(3)6-4-7-16-8-5-11(12)13-16/h5,8H,4,6-7,9-10H2,1-3H3,(H2,12,13). The predicted octanol–water partition coefficient (Wildman–Crippen LogP) is 0.349. The summed E-state index contributed by atoms with van der Waals surface area (Å²) >= 11 is 0. The number of rotatable bonds is 7. The quantitative estimate of drug-likeness (QED) is 0.727. The van der Waals surface area contributed by atoms with E-state index >= 15 is 0 Å². The van der Waals surface area contributed by atoms with Gasteiger partial charge >= 0.3 is 0 Å². The lowest BCUT2D eigenvalue weighted by atomic mass is 10.4. The summed E-state index contributed by atoms with van der Waals surface area (Å²) < 4.78 is 1.90. The first-order valence-electron chi connectivity index (χ1n) is 5.70. The molecule has 0 saturated carbocycles. The van der Waals surface area contributed by atoms with Crippen LogP contribution in [0.5, 0.6) is 0 Å². The van der Waals surface area contributed by atoms with E-state index in [1.807, 2.05) is 16.9 Å². The molecule has 0 unspecified atom stereocenters. The lowest BCUT2D eigenvalue weighted by molar-refractivity contribution is 0.274. The first-order chi connectivity index (χ1) is 7.58. The van der Waals surface area contributed by atoms with Gasteiger partial charge in [0.2, 0.25) is 0 Å². The van der Waals surface area contributed by atoms with E-state index in [2.05, 4.69) is 36.0 Å². The summed E-state index contributed by atoms with van der Waals surface area (Å²) in [6, 6.07) is 1.83. The summed E-state index contributed by atoms with van der Waals surface area (Å²) in [6.45, 7) is 4.23. The number of hydrogen-bond donors (Lipinski definition) is 1. The van der Waals surface area contributed by atoms with Crippen LogP contribution in [0.2, 0.25) is 0 Å². The third kappa shape index (κ3) is 5.14. The molecule has 16 heavy (non-hydrogen) atoms. The second kappa shape index (κ2) is 6.50. The Bertz CT molecular complexity index is 294. The van der Waals surface area contributed by atoms with Crippen molar-refractivity contribution < 1.29 is 0 Å². The molecule has 2 N–H and O–H groups in total. The van der Waals surface area contributed by atoms with Crippen molar-refractivity contribution >= 4 is 5.82 Å². The van der Waals surface area contributed by atoms with Crippen LogP contribution in [0, 0.1) is 0 Å². The normalized spacial score (nSPS) is 11.6. The van der Waals surface area contributed by atoms with E-state index in [0.29, 0.717) is 5.82 Å². The van der Waals surface area contributed by atoms with Crippen LogP contribution in [0.3, 0.4) is 0 Å². The Kier molecular flexibility index (Phi) is 5.28. The second-order valence-corrected chi connectivity index (χ2v) is 4.46. The molecule has 1 aromatic heterocycles. The fourth-order valence-electron chi connectivity index (χ4n) is 1.49. The van der Waals surface area contributed by atoms with Gasteiger partial charge in [-0.25, -0.2) is 0 Å². The number of aromatic nitrogens is 2. The minimum atomic E-state index is 0.598. The van der Waals surface area contributed by atoms with E-state index in [-0.39, 0.29) is 0 Å².